The van der Waals surface area contributed by atoms with E-state index in [-0.39, 0.29) is 17.1 Å². The minimum absolute atomic E-state index is 0.354. The number of nitrogens with one attached hydrogen (secondary N) is 1. The van der Waals surface area contributed by atoms with Crippen LogP contribution in [0.2, 0.25) is 0 Å². The van der Waals surface area contributed by atoms with E-state index in [1.54, 1.807) is 0 Å². The second kappa shape index (κ2) is 2.49. The van der Waals surface area contributed by atoms with Gasteiger partial charge in [-0.05, 0) is 12.1 Å². The van der Waals surface area contributed by atoms with Gasteiger partial charge in [0.05, 0.1) is 0 Å². The molecule has 4 heteroatoms. The lowest BCUT2D eigenvalue weighted by molar-refractivity contribution is 0.0987. The number of hydrogen-bond acceptors (Lipinski definition) is 3. The molecule has 1 aromatic rings. The summed E-state index contributed by atoms with van der Waals surface area (Å²) in [7, 11) is 0. The van der Waals surface area contributed by atoms with Crippen LogP contribution < -0.4 is 5.73 Å². The van der Waals surface area contributed by atoms with Crippen molar-refractivity contribution in [1.29, 1.82) is 0 Å². The molecule has 1 radical (unpaired) electrons. The Bertz CT molecular complexity index is 275. The molecule has 3 N–H and O–H groups in total. The zero-order valence-corrected chi connectivity index (χ0v) is 5.53. The van der Waals surface area contributed by atoms with Crippen LogP contribution >= 0.6 is 0 Å². The van der Waals surface area contributed by atoms with Crippen molar-refractivity contribution in [2.75, 3.05) is 0 Å². The van der Waals surface area contributed by atoms with E-state index in [2.05, 4.69) is 0 Å². The first-order chi connectivity index (χ1) is 5.13. The van der Waals surface area contributed by atoms with Gasteiger partial charge in [0.25, 0.3) is 5.91 Å². The van der Waals surface area contributed by atoms with Crippen molar-refractivity contribution in [1.82, 2.24) is 5.73 Å². The second-order valence-electron chi connectivity index (χ2n) is 2.00. The van der Waals surface area contributed by atoms with Gasteiger partial charge in [0, 0.05) is 0 Å². The molecule has 11 heavy (non-hydrogen) atoms. The Hall–Kier alpha value is -1.71. The zero-order chi connectivity index (χ0) is 8.43. The molecule has 0 saturated heterocycles. The van der Waals surface area contributed by atoms with Crippen LogP contribution in [0.25, 0.3) is 0 Å². The molecule has 0 unspecified atom stereocenters. The fourth-order valence-corrected chi connectivity index (χ4v) is 0.761. The third-order valence-electron chi connectivity index (χ3n) is 1.25. The van der Waals surface area contributed by atoms with Crippen LogP contribution in [0.3, 0.4) is 0 Å². The minimum Gasteiger partial charge on any atom is -0.507 e. The minimum atomic E-state index is -1.10. The summed E-state index contributed by atoms with van der Waals surface area (Å²) >= 11 is 0. The number of carbonyl (C=O) groups is 1. The lowest BCUT2D eigenvalue weighted by Crippen LogP contribution is -1.99. The van der Waals surface area contributed by atoms with Gasteiger partial charge in [-0.25, -0.2) is 0 Å². The molecule has 57 valence electrons. The summed E-state index contributed by atoms with van der Waals surface area (Å²) in [4.78, 5) is 10.4. The summed E-state index contributed by atoms with van der Waals surface area (Å²) in [5, 5.41) is 17.9. The predicted molar refractivity (Wildman–Crippen MR) is 37.2 cm³/mol. The van der Waals surface area contributed by atoms with Crippen LogP contribution in [0.1, 0.15) is 10.4 Å². The van der Waals surface area contributed by atoms with Crippen molar-refractivity contribution < 1.29 is 15.0 Å². The predicted octanol–water partition coefficient (Wildman–Crippen LogP) is 0.521. The highest BCUT2D eigenvalue weighted by atomic mass is 16.3. The Balaban J connectivity index is 3.32. The van der Waals surface area contributed by atoms with Gasteiger partial charge in [-0.1, -0.05) is 6.07 Å². The molecule has 0 fully saturated rings. The third kappa shape index (κ3) is 1.24. The molecule has 0 aliphatic carbocycles. The first-order valence-electron chi connectivity index (χ1n) is 2.90. The topological polar surface area (TPSA) is 81.3 Å². The van der Waals surface area contributed by atoms with Gasteiger partial charge in [0.1, 0.15) is 17.1 Å². The monoisotopic (exact) mass is 152 g/mol. The highest BCUT2D eigenvalue weighted by Gasteiger charge is 2.12. The number of phenols is 2. The molecule has 1 aromatic carbocycles. The number of hydrogen-bond donors (Lipinski definition) is 2. The van der Waals surface area contributed by atoms with Crippen LogP contribution in [0.15, 0.2) is 18.2 Å². The second-order valence-corrected chi connectivity index (χ2v) is 2.00. The van der Waals surface area contributed by atoms with Crippen molar-refractivity contribution in [3.05, 3.63) is 23.8 Å². The van der Waals surface area contributed by atoms with Gasteiger partial charge in [-0.3, -0.25) is 10.5 Å². The summed E-state index contributed by atoms with van der Waals surface area (Å²) in [6, 6.07) is 3.86. The van der Waals surface area contributed by atoms with E-state index in [9.17, 15) is 4.79 Å². The number of benzene rings is 1. The molecule has 4 nitrogen and oxygen atoms in total. The number of carbonyl (C=O) groups excluding carboxylic acids is 1. The highest BCUT2D eigenvalue weighted by Crippen LogP contribution is 2.25. The highest BCUT2D eigenvalue weighted by molar-refractivity contribution is 5.97. The van der Waals surface area contributed by atoms with Crippen LogP contribution in [-0.4, -0.2) is 16.1 Å². The fraction of sp³-hybridized carbons (Fsp3) is 0. The molecule has 0 bridgehead atoms. The van der Waals surface area contributed by atoms with E-state index in [1.165, 1.54) is 18.2 Å². The van der Waals surface area contributed by atoms with Gasteiger partial charge in [-0.15, -0.1) is 0 Å². The summed E-state index contributed by atoms with van der Waals surface area (Å²) in [6.07, 6.45) is 0. The van der Waals surface area contributed by atoms with E-state index in [4.69, 9.17) is 15.9 Å². The zero-order valence-electron chi connectivity index (χ0n) is 5.53. The number of rotatable bonds is 1. The standard InChI is InChI=1S/C7H6NO3/c8-7(11)6-4(9)2-1-3-5(6)10/h1-3,8-10H. The van der Waals surface area contributed by atoms with Gasteiger partial charge >= 0.3 is 0 Å². The maximum atomic E-state index is 10.4. The Morgan fingerprint density at radius 3 is 2.00 bits per heavy atom. The summed E-state index contributed by atoms with van der Waals surface area (Å²) in [5.41, 5.74) is 6.29. The Morgan fingerprint density at radius 2 is 1.73 bits per heavy atom. The SMILES string of the molecule is [NH]C(=O)c1c(O)cccc1O. The van der Waals surface area contributed by atoms with E-state index < -0.39 is 5.91 Å². The molecule has 0 heterocycles. The molecular formula is C7H6NO3. The van der Waals surface area contributed by atoms with Crippen LogP contribution in [0.4, 0.5) is 0 Å². The quantitative estimate of drug-likeness (QED) is 0.615. The molecule has 0 aliphatic rings. The van der Waals surface area contributed by atoms with Crippen LogP contribution in [-0.2, 0) is 0 Å². The Morgan fingerprint density at radius 1 is 1.27 bits per heavy atom. The van der Waals surface area contributed by atoms with Gasteiger partial charge < -0.3 is 10.2 Å². The van der Waals surface area contributed by atoms with Crippen molar-refractivity contribution in [3.63, 3.8) is 0 Å². The maximum absolute atomic E-state index is 10.4. The third-order valence-corrected chi connectivity index (χ3v) is 1.25. The van der Waals surface area contributed by atoms with Gasteiger partial charge in [0.15, 0.2) is 0 Å². The molecule has 0 atom stereocenters. The van der Waals surface area contributed by atoms with Crippen molar-refractivity contribution in [3.8, 4) is 11.5 Å². The van der Waals surface area contributed by atoms with Gasteiger partial charge in [-0.2, -0.15) is 0 Å². The summed E-state index contributed by atoms with van der Waals surface area (Å²) < 4.78 is 0. The Labute approximate surface area is 62.9 Å². The largest absolute Gasteiger partial charge is 0.507 e. The average molecular weight is 152 g/mol. The van der Waals surface area contributed by atoms with E-state index in [1.807, 2.05) is 0 Å². The van der Waals surface area contributed by atoms with Crippen LogP contribution in [0.5, 0.6) is 11.5 Å². The molecule has 1 amide bonds. The Kier molecular flexibility index (Phi) is 1.68. The molecule has 0 spiro atoms. The van der Waals surface area contributed by atoms with E-state index in [0.29, 0.717) is 0 Å². The van der Waals surface area contributed by atoms with Crippen molar-refractivity contribution in [2.45, 2.75) is 0 Å². The fourth-order valence-electron chi connectivity index (χ4n) is 0.761. The molecule has 1 rings (SSSR count). The van der Waals surface area contributed by atoms with Gasteiger partial charge in [0.2, 0.25) is 0 Å². The van der Waals surface area contributed by atoms with Crippen LogP contribution in [0, 0.1) is 0 Å². The number of amides is 1. The molecule has 0 aliphatic heterocycles. The smallest absolute Gasteiger partial charge is 0.277 e. The summed E-state index contributed by atoms with van der Waals surface area (Å²) in [6.45, 7) is 0. The maximum Gasteiger partial charge on any atom is 0.277 e. The first kappa shape index (κ1) is 7.40. The average Bonchev–Trinajstić information content (AvgIpc) is 1.85. The number of phenolic OH excluding ortho intramolecular Hbond substituents is 2. The summed E-state index contributed by atoms with van der Waals surface area (Å²) in [5.74, 6) is -1.84. The lowest BCUT2D eigenvalue weighted by atomic mass is 10.2. The lowest BCUT2D eigenvalue weighted by Gasteiger charge is -2.00. The normalized spacial score (nSPS) is 9.45. The molecule has 0 saturated carbocycles. The van der Waals surface area contributed by atoms with Crippen molar-refractivity contribution in [2.24, 2.45) is 0 Å². The van der Waals surface area contributed by atoms with E-state index in [0.717, 1.165) is 0 Å². The first-order valence-corrected chi connectivity index (χ1v) is 2.90. The van der Waals surface area contributed by atoms with Crippen molar-refractivity contribution >= 4 is 5.91 Å². The number of aromatic hydroxyl groups is 2. The molecular weight excluding hydrogens is 146 g/mol. The van der Waals surface area contributed by atoms with E-state index >= 15 is 0 Å². The molecule has 0 aromatic heterocycles.